The quantitative estimate of drug-likeness (QED) is 0.0747. The van der Waals surface area contributed by atoms with Crippen LogP contribution in [-0.4, -0.2) is 108 Å². The van der Waals surface area contributed by atoms with E-state index in [9.17, 15) is 30.5 Å². The second-order valence-corrected chi connectivity index (χ2v) is 15.2. The molecule has 1 saturated heterocycles. The molecule has 0 bridgehead atoms. The van der Waals surface area contributed by atoms with Gasteiger partial charge in [0.1, 0.15) is 17.5 Å². The minimum atomic E-state index is -1.50. The number of phenolic OH excluding ortho intramolecular Hbond substituents is 1. The van der Waals surface area contributed by atoms with Crippen LogP contribution in [0.5, 0.6) is 11.5 Å². The third kappa shape index (κ3) is 9.54. The van der Waals surface area contributed by atoms with Crippen LogP contribution in [0.2, 0.25) is 0 Å². The van der Waals surface area contributed by atoms with E-state index in [1.807, 2.05) is 0 Å². The fourth-order valence-corrected chi connectivity index (χ4v) is 9.16. The number of hydrogen-bond donors (Lipinski definition) is 4. The van der Waals surface area contributed by atoms with Crippen molar-refractivity contribution in [1.82, 2.24) is 4.90 Å². The molecule has 2 aliphatic heterocycles. The smallest absolute Gasteiger partial charge is 0.254 e. The number of aliphatic hydroxyl groups excluding tert-OH is 3. The van der Waals surface area contributed by atoms with Crippen LogP contribution < -0.4 is 4.74 Å². The van der Waals surface area contributed by atoms with Gasteiger partial charge in [-0.15, -0.1) is 6.58 Å². The monoisotopic (exact) mass is 787 g/mol. The summed E-state index contributed by atoms with van der Waals surface area (Å²) in [7, 11) is 0. The van der Waals surface area contributed by atoms with Gasteiger partial charge in [0.25, 0.3) is 5.91 Å². The van der Waals surface area contributed by atoms with Crippen molar-refractivity contribution in [3.05, 3.63) is 83.5 Å². The lowest BCUT2D eigenvalue weighted by atomic mass is 9.55. The lowest BCUT2D eigenvalue weighted by Crippen LogP contribution is -2.70. The van der Waals surface area contributed by atoms with Gasteiger partial charge in [-0.1, -0.05) is 30.1 Å². The number of aliphatic hydroxyl groups is 3. The largest absolute Gasteiger partial charge is 0.508 e. The first-order chi connectivity index (χ1) is 27.9. The minimum absolute atomic E-state index is 0.00156. The first-order valence-electron chi connectivity index (χ1n) is 20.4. The zero-order valence-corrected chi connectivity index (χ0v) is 32.7. The van der Waals surface area contributed by atoms with Crippen molar-refractivity contribution in [3.63, 3.8) is 0 Å². The number of rotatable bonds is 20. The summed E-state index contributed by atoms with van der Waals surface area (Å²) in [5.41, 5.74) is 3.09. The molecular formula is C44H57N3O10. The molecule has 2 fully saturated rings. The molecule has 7 unspecified atom stereocenters. The highest BCUT2D eigenvalue weighted by atomic mass is 16.8. The standard InChI is InChI=1S/C44H57N3O10/c1-2-22-55-44-39(47(18-24-53-25-21-50)43(52)31-14-12-30(29-45)13-15-31)28-37(46-57-40-11-5-8-23-54-40)35-26-32(9-3-6-19-48)34(10-4-7-20-49)41(42(35)44)36-27-33(51)16-17-38(36)56-44/h2,12-17,26-27,32,34,39-42,48-51H,1,3-11,18-25,28H2. The lowest BCUT2D eigenvalue weighted by molar-refractivity contribution is -0.255. The van der Waals surface area contributed by atoms with Crippen LogP contribution in [0.15, 0.2) is 71.9 Å². The number of nitrogens with zero attached hydrogens (tertiary/aromatic N) is 3. The molecule has 0 aromatic heterocycles. The number of nitriles is 1. The topological polar surface area (TPSA) is 184 Å². The van der Waals surface area contributed by atoms with Crippen molar-refractivity contribution in [2.75, 3.05) is 52.8 Å². The summed E-state index contributed by atoms with van der Waals surface area (Å²) >= 11 is 0. The molecule has 2 aliphatic carbocycles. The number of phenols is 1. The minimum Gasteiger partial charge on any atom is -0.508 e. The van der Waals surface area contributed by atoms with Crippen LogP contribution in [0.4, 0.5) is 0 Å². The number of carbonyl (C=O) groups excluding carboxylic acids is 1. The summed E-state index contributed by atoms with van der Waals surface area (Å²) in [5.74, 6) is -2.03. The molecule has 4 N–H and O–H groups in total. The second-order valence-electron chi connectivity index (χ2n) is 15.2. The molecule has 2 heterocycles. The zero-order chi connectivity index (χ0) is 40.2. The van der Waals surface area contributed by atoms with E-state index in [-0.39, 0.29) is 82.0 Å². The normalized spacial score (nSPS) is 27.0. The highest BCUT2D eigenvalue weighted by Crippen LogP contribution is 2.62. The average molecular weight is 788 g/mol. The Bertz CT molecular complexity index is 1750. The van der Waals surface area contributed by atoms with E-state index in [4.69, 9.17) is 28.9 Å². The van der Waals surface area contributed by atoms with Gasteiger partial charge in [-0.2, -0.15) is 5.26 Å². The molecule has 2 aromatic carbocycles. The molecule has 57 heavy (non-hydrogen) atoms. The van der Waals surface area contributed by atoms with E-state index in [0.717, 1.165) is 49.7 Å². The molecule has 7 atom stereocenters. The number of fused-ring (bicyclic) bond motifs is 2. The number of benzene rings is 2. The molecule has 13 heteroatoms. The van der Waals surface area contributed by atoms with Gasteiger partial charge in [0.2, 0.25) is 12.1 Å². The highest BCUT2D eigenvalue weighted by Gasteiger charge is 2.65. The number of hydrogen-bond acceptors (Lipinski definition) is 12. The van der Waals surface area contributed by atoms with Crippen molar-refractivity contribution in [3.8, 4) is 17.6 Å². The number of amides is 1. The predicted molar refractivity (Wildman–Crippen MR) is 211 cm³/mol. The molecule has 2 aromatic rings. The van der Waals surface area contributed by atoms with Crippen molar-refractivity contribution in [1.29, 1.82) is 5.26 Å². The third-order valence-corrected chi connectivity index (χ3v) is 11.7. The van der Waals surface area contributed by atoms with E-state index in [1.54, 1.807) is 53.4 Å². The number of unbranched alkanes of at least 4 members (excludes halogenated alkanes) is 2. The third-order valence-electron chi connectivity index (χ3n) is 11.7. The number of aromatic hydroxyl groups is 1. The lowest BCUT2D eigenvalue weighted by Gasteiger charge is -2.60. The SMILES string of the molecule is C=CCOC12Oc3ccc(O)cc3C3C(CCCCO)C(CCCCO)C=C(C(=NOC4CCCCO4)CC1N(CCOCCO)C(=O)c1ccc(C#N)cc1)C32. The Morgan fingerprint density at radius 1 is 1.04 bits per heavy atom. The number of ether oxygens (including phenoxy) is 4. The number of carbonyl (C=O) groups is 1. The molecule has 1 amide bonds. The summed E-state index contributed by atoms with van der Waals surface area (Å²) in [6, 6.07) is 12.9. The van der Waals surface area contributed by atoms with E-state index in [1.165, 1.54) is 0 Å². The number of oxime groups is 1. The second kappa shape index (κ2) is 20.4. The van der Waals surface area contributed by atoms with Crippen LogP contribution in [0.25, 0.3) is 0 Å². The van der Waals surface area contributed by atoms with Crippen molar-refractivity contribution in [2.45, 2.75) is 88.2 Å². The fourth-order valence-electron chi connectivity index (χ4n) is 9.16. The van der Waals surface area contributed by atoms with E-state index < -0.39 is 24.0 Å². The van der Waals surface area contributed by atoms with Crippen LogP contribution >= 0.6 is 0 Å². The van der Waals surface area contributed by atoms with Gasteiger partial charge >= 0.3 is 0 Å². The van der Waals surface area contributed by atoms with E-state index >= 15 is 0 Å². The van der Waals surface area contributed by atoms with Crippen molar-refractivity contribution in [2.24, 2.45) is 22.9 Å². The van der Waals surface area contributed by atoms with E-state index in [2.05, 4.69) is 18.7 Å². The first kappa shape index (κ1) is 42.3. The Kier molecular flexibility index (Phi) is 15.2. The predicted octanol–water partition coefficient (Wildman–Crippen LogP) is 5.58. The Hall–Kier alpha value is -4.29. The molecular weight excluding hydrogens is 730 g/mol. The Morgan fingerprint density at radius 3 is 2.53 bits per heavy atom. The maximum Gasteiger partial charge on any atom is 0.254 e. The van der Waals surface area contributed by atoms with Crippen molar-refractivity contribution < 1.29 is 49.0 Å². The maximum absolute atomic E-state index is 14.9. The van der Waals surface area contributed by atoms with Gasteiger partial charge in [0.05, 0.1) is 56.3 Å². The van der Waals surface area contributed by atoms with Crippen LogP contribution in [-0.2, 0) is 19.0 Å². The fraction of sp³-hybridized carbons (Fsp3) is 0.568. The summed E-state index contributed by atoms with van der Waals surface area (Å²) in [6.07, 6.45) is 10.5. The Morgan fingerprint density at radius 2 is 1.82 bits per heavy atom. The zero-order valence-electron chi connectivity index (χ0n) is 32.7. The Balaban J connectivity index is 1.58. The van der Waals surface area contributed by atoms with Gasteiger partial charge < -0.3 is 49.1 Å². The van der Waals surface area contributed by atoms with E-state index in [0.29, 0.717) is 48.5 Å². The summed E-state index contributed by atoms with van der Waals surface area (Å²) in [6.45, 7) is 4.91. The van der Waals surface area contributed by atoms with Crippen LogP contribution in [0.1, 0.15) is 91.6 Å². The highest BCUT2D eigenvalue weighted by molar-refractivity contribution is 6.03. The van der Waals surface area contributed by atoms with Gasteiger partial charge in [0, 0.05) is 49.6 Å². The van der Waals surface area contributed by atoms with Gasteiger partial charge in [0.15, 0.2) is 0 Å². The van der Waals surface area contributed by atoms with Crippen LogP contribution in [0.3, 0.4) is 0 Å². The maximum atomic E-state index is 14.9. The van der Waals surface area contributed by atoms with Gasteiger partial charge in [-0.3, -0.25) is 4.79 Å². The average Bonchev–Trinajstić information content (AvgIpc) is 3.24. The summed E-state index contributed by atoms with van der Waals surface area (Å²) in [4.78, 5) is 22.8. The van der Waals surface area contributed by atoms with Crippen molar-refractivity contribution >= 4 is 11.6 Å². The molecule has 0 radical (unpaired) electrons. The molecule has 0 spiro atoms. The van der Waals surface area contributed by atoms with Gasteiger partial charge in [-0.25, -0.2) is 0 Å². The molecule has 13 nitrogen and oxygen atoms in total. The molecule has 1 saturated carbocycles. The molecule has 308 valence electrons. The van der Waals surface area contributed by atoms with Crippen LogP contribution in [0, 0.1) is 29.1 Å². The Labute approximate surface area is 335 Å². The number of allylic oxidation sites excluding steroid dienone is 1. The molecule has 4 aliphatic rings. The first-order valence-corrected chi connectivity index (χ1v) is 20.4. The van der Waals surface area contributed by atoms with Gasteiger partial charge in [-0.05, 0) is 98.4 Å². The molecule has 6 rings (SSSR count). The summed E-state index contributed by atoms with van der Waals surface area (Å²) < 4.78 is 25.9. The summed E-state index contributed by atoms with van der Waals surface area (Å²) in [5, 5.41) is 54.5.